The van der Waals surface area contributed by atoms with Gasteiger partial charge < -0.3 is 9.64 Å². The highest BCUT2D eigenvalue weighted by Gasteiger charge is 2.30. The molecule has 3 nitrogen and oxygen atoms in total. The Bertz CT molecular complexity index is 750. The summed E-state index contributed by atoms with van der Waals surface area (Å²) in [5.41, 5.74) is 1.59. The van der Waals surface area contributed by atoms with E-state index < -0.39 is 12.4 Å². The van der Waals surface area contributed by atoms with E-state index in [1.54, 1.807) is 12.1 Å². The van der Waals surface area contributed by atoms with E-state index in [1.165, 1.54) is 23.1 Å². The molecular formula is C16H11ClF3NO2. The monoisotopic (exact) mass is 341 g/mol. The lowest BCUT2D eigenvalue weighted by molar-refractivity contribution is -0.0498. The van der Waals surface area contributed by atoms with Crippen LogP contribution < -0.4 is 4.74 Å². The molecule has 0 saturated carbocycles. The van der Waals surface area contributed by atoms with Gasteiger partial charge in [0.25, 0.3) is 5.91 Å². The Morgan fingerprint density at radius 2 is 1.91 bits per heavy atom. The van der Waals surface area contributed by atoms with E-state index in [9.17, 15) is 18.0 Å². The Labute approximate surface area is 135 Å². The average Bonchev–Trinajstić information content (AvgIpc) is 2.76. The molecule has 0 fully saturated rings. The van der Waals surface area contributed by atoms with Gasteiger partial charge in [0.2, 0.25) is 0 Å². The summed E-state index contributed by atoms with van der Waals surface area (Å²) in [6.45, 7) is -2.37. The molecule has 0 aliphatic carbocycles. The predicted molar refractivity (Wildman–Crippen MR) is 78.1 cm³/mol. The minimum Gasteiger partial charge on any atom is -0.435 e. The Morgan fingerprint density at radius 1 is 1.22 bits per heavy atom. The lowest BCUT2D eigenvalue weighted by atomic mass is 10.1. The van der Waals surface area contributed by atoms with Gasteiger partial charge >= 0.3 is 6.61 Å². The van der Waals surface area contributed by atoms with Crippen molar-refractivity contribution >= 4 is 17.5 Å². The van der Waals surface area contributed by atoms with Crippen molar-refractivity contribution < 1.29 is 22.7 Å². The Balaban J connectivity index is 1.75. The quantitative estimate of drug-likeness (QED) is 0.832. The van der Waals surface area contributed by atoms with Crippen LogP contribution in [-0.2, 0) is 13.1 Å². The SMILES string of the molecule is O=C1c2c(Cl)cc(F)cc2CN1Cc1ccc(OC(F)F)cc1. The normalized spacial score (nSPS) is 13.6. The van der Waals surface area contributed by atoms with E-state index in [1.807, 2.05) is 0 Å². The molecule has 0 radical (unpaired) electrons. The van der Waals surface area contributed by atoms with Gasteiger partial charge in [-0.25, -0.2) is 4.39 Å². The van der Waals surface area contributed by atoms with Crippen LogP contribution in [0.3, 0.4) is 0 Å². The maximum Gasteiger partial charge on any atom is 0.387 e. The van der Waals surface area contributed by atoms with E-state index in [4.69, 9.17) is 11.6 Å². The number of fused-ring (bicyclic) bond motifs is 1. The topological polar surface area (TPSA) is 29.5 Å². The van der Waals surface area contributed by atoms with Gasteiger partial charge in [-0.1, -0.05) is 23.7 Å². The molecule has 120 valence electrons. The van der Waals surface area contributed by atoms with Crippen LogP contribution >= 0.6 is 11.6 Å². The summed E-state index contributed by atoms with van der Waals surface area (Å²) in [4.78, 5) is 13.9. The molecule has 1 aliphatic heterocycles. The molecule has 1 heterocycles. The summed E-state index contributed by atoms with van der Waals surface area (Å²) in [5, 5.41) is 0.0909. The third-order valence-corrected chi connectivity index (χ3v) is 3.82. The largest absolute Gasteiger partial charge is 0.435 e. The predicted octanol–water partition coefficient (Wildman–Crippen LogP) is 4.24. The average molecular weight is 342 g/mol. The molecule has 1 amide bonds. The van der Waals surface area contributed by atoms with Crippen LogP contribution in [0.1, 0.15) is 21.5 Å². The van der Waals surface area contributed by atoms with Crippen LogP contribution in [0, 0.1) is 5.82 Å². The van der Waals surface area contributed by atoms with E-state index in [-0.39, 0.29) is 29.8 Å². The molecule has 0 bridgehead atoms. The van der Waals surface area contributed by atoms with Crippen molar-refractivity contribution in [1.82, 2.24) is 4.90 Å². The highest BCUT2D eigenvalue weighted by Crippen LogP contribution is 2.31. The highest BCUT2D eigenvalue weighted by atomic mass is 35.5. The minimum absolute atomic E-state index is 0.0462. The number of carbonyl (C=O) groups excluding carboxylic acids is 1. The molecule has 0 spiro atoms. The van der Waals surface area contributed by atoms with E-state index in [2.05, 4.69) is 4.74 Å². The molecular weight excluding hydrogens is 331 g/mol. The number of ether oxygens (including phenoxy) is 1. The van der Waals surface area contributed by atoms with Gasteiger partial charge in [0.05, 0.1) is 10.6 Å². The number of hydrogen-bond donors (Lipinski definition) is 0. The summed E-state index contributed by atoms with van der Waals surface area (Å²) in [6, 6.07) is 8.40. The molecule has 3 rings (SSSR count). The van der Waals surface area contributed by atoms with Crippen LogP contribution in [0.2, 0.25) is 5.02 Å². The third kappa shape index (κ3) is 3.27. The summed E-state index contributed by atoms with van der Waals surface area (Å²) in [7, 11) is 0. The van der Waals surface area contributed by atoms with Crippen LogP contribution in [0.25, 0.3) is 0 Å². The van der Waals surface area contributed by atoms with Crippen molar-refractivity contribution in [1.29, 1.82) is 0 Å². The van der Waals surface area contributed by atoms with E-state index in [0.717, 1.165) is 11.6 Å². The number of halogens is 4. The summed E-state index contributed by atoms with van der Waals surface area (Å²) in [5.74, 6) is -0.722. The Hall–Kier alpha value is -2.21. The smallest absolute Gasteiger partial charge is 0.387 e. The second-order valence-corrected chi connectivity index (χ2v) is 5.51. The van der Waals surface area contributed by atoms with Crippen LogP contribution in [-0.4, -0.2) is 17.4 Å². The zero-order chi connectivity index (χ0) is 16.6. The van der Waals surface area contributed by atoms with Crippen molar-refractivity contribution in [2.75, 3.05) is 0 Å². The highest BCUT2D eigenvalue weighted by molar-refractivity contribution is 6.34. The fourth-order valence-corrected chi connectivity index (χ4v) is 2.86. The number of carbonyl (C=O) groups is 1. The number of rotatable bonds is 4. The van der Waals surface area contributed by atoms with Crippen LogP contribution in [0.15, 0.2) is 36.4 Å². The molecule has 1 aliphatic rings. The van der Waals surface area contributed by atoms with Gasteiger partial charge in [-0.15, -0.1) is 0 Å². The molecule has 7 heteroatoms. The molecule has 0 saturated heterocycles. The maximum absolute atomic E-state index is 13.4. The Kier molecular flexibility index (Phi) is 4.17. The van der Waals surface area contributed by atoms with Gasteiger partial charge in [-0.2, -0.15) is 8.78 Å². The van der Waals surface area contributed by atoms with Crippen molar-refractivity contribution in [3.05, 3.63) is 63.9 Å². The van der Waals surface area contributed by atoms with Crippen molar-refractivity contribution in [2.45, 2.75) is 19.7 Å². The first-order chi connectivity index (χ1) is 10.9. The fourth-order valence-electron chi connectivity index (χ4n) is 2.55. The van der Waals surface area contributed by atoms with Gasteiger partial charge in [-0.05, 0) is 35.4 Å². The van der Waals surface area contributed by atoms with Gasteiger partial charge in [-0.3, -0.25) is 4.79 Å². The van der Waals surface area contributed by atoms with Gasteiger partial charge in [0, 0.05) is 13.1 Å². The molecule has 0 N–H and O–H groups in total. The second-order valence-electron chi connectivity index (χ2n) is 5.11. The molecule has 0 unspecified atom stereocenters. The van der Waals surface area contributed by atoms with Crippen LogP contribution in [0.5, 0.6) is 5.75 Å². The van der Waals surface area contributed by atoms with Gasteiger partial charge in [0.15, 0.2) is 0 Å². The number of benzene rings is 2. The molecule has 2 aromatic rings. The standard InChI is InChI=1S/C16H11ClF3NO2/c17-13-6-11(18)5-10-8-21(15(22)14(10)13)7-9-1-3-12(4-2-9)23-16(19)20/h1-6,16H,7-8H2. The van der Waals surface area contributed by atoms with Crippen molar-refractivity contribution in [2.24, 2.45) is 0 Å². The summed E-state index contributed by atoms with van der Waals surface area (Å²) in [6.07, 6.45) is 0. The van der Waals surface area contributed by atoms with Gasteiger partial charge in [0.1, 0.15) is 11.6 Å². The number of alkyl halides is 2. The molecule has 2 aromatic carbocycles. The first-order valence-electron chi connectivity index (χ1n) is 6.75. The lowest BCUT2D eigenvalue weighted by Gasteiger charge is -2.16. The van der Waals surface area contributed by atoms with E-state index >= 15 is 0 Å². The summed E-state index contributed by atoms with van der Waals surface area (Å²) >= 11 is 5.93. The number of amides is 1. The zero-order valence-corrected chi connectivity index (χ0v) is 12.5. The zero-order valence-electron chi connectivity index (χ0n) is 11.7. The van der Waals surface area contributed by atoms with Crippen molar-refractivity contribution in [3.63, 3.8) is 0 Å². The van der Waals surface area contributed by atoms with E-state index in [0.29, 0.717) is 11.1 Å². The minimum atomic E-state index is -2.88. The molecule has 0 atom stereocenters. The fraction of sp³-hybridized carbons (Fsp3) is 0.188. The van der Waals surface area contributed by atoms with Crippen LogP contribution in [0.4, 0.5) is 13.2 Å². The second kappa shape index (κ2) is 6.12. The number of hydrogen-bond acceptors (Lipinski definition) is 2. The first-order valence-corrected chi connectivity index (χ1v) is 7.13. The first kappa shape index (κ1) is 15.7. The summed E-state index contributed by atoms with van der Waals surface area (Å²) < 4.78 is 41.8. The molecule has 23 heavy (non-hydrogen) atoms. The number of nitrogens with zero attached hydrogens (tertiary/aromatic N) is 1. The molecule has 0 aromatic heterocycles. The van der Waals surface area contributed by atoms with Crippen molar-refractivity contribution in [3.8, 4) is 5.75 Å². The lowest BCUT2D eigenvalue weighted by Crippen LogP contribution is -2.23. The third-order valence-electron chi connectivity index (χ3n) is 3.52. The Morgan fingerprint density at radius 3 is 2.57 bits per heavy atom. The maximum atomic E-state index is 13.4.